The fourth-order valence-corrected chi connectivity index (χ4v) is 6.00. The SMILES string of the molecule is CC(C)(C)OC(=O)N1CCN(c2ccc(NC(=O)c3ccc(CN4C(=O)c5ccc(Cl)cc5NC(=O)C4Cc4ccccn4)cc3)nc2)CC1. The highest BCUT2D eigenvalue weighted by Crippen LogP contribution is 2.29. The molecule has 12 nitrogen and oxygen atoms in total. The van der Waals surface area contributed by atoms with Crippen molar-refractivity contribution in [3.63, 3.8) is 0 Å². The lowest BCUT2D eigenvalue weighted by atomic mass is 10.0. The van der Waals surface area contributed by atoms with Gasteiger partial charge in [-0.25, -0.2) is 9.78 Å². The van der Waals surface area contributed by atoms with Crippen molar-refractivity contribution in [2.45, 2.75) is 45.4 Å². The Morgan fingerprint density at radius 2 is 1.72 bits per heavy atom. The number of rotatable bonds is 7. The summed E-state index contributed by atoms with van der Waals surface area (Å²) < 4.78 is 5.48. The van der Waals surface area contributed by atoms with Crippen molar-refractivity contribution in [2.24, 2.45) is 0 Å². The fourth-order valence-electron chi connectivity index (χ4n) is 5.83. The molecule has 2 aromatic carbocycles. The molecule has 258 valence electrons. The largest absolute Gasteiger partial charge is 0.444 e. The molecular formula is C37H38ClN7O5. The Morgan fingerprint density at radius 3 is 2.38 bits per heavy atom. The number of hydrogen-bond acceptors (Lipinski definition) is 8. The van der Waals surface area contributed by atoms with E-state index >= 15 is 0 Å². The van der Waals surface area contributed by atoms with Crippen LogP contribution in [0.1, 0.15) is 52.7 Å². The van der Waals surface area contributed by atoms with E-state index in [1.807, 2.05) is 39.0 Å². The van der Waals surface area contributed by atoms with Crippen LogP contribution in [0.4, 0.5) is 22.0 Å². The average Bonchev–Trinajstić information content (AvgIpc) is 3.18. The van der Waals surface area contributed by atoms with Gasteiger partial charge in [-0.2, -0.15) is 0 Å². The number of aromatic nitrogens is 2. The Kier molecular flexibility index (Phi) is 10.0. The molecular weight excluding hydrogens is 658 g/mol. The minimum absolute atomic E-state index is 0.128. The van der Waals surface area contributed by atoms with Crippen LogP contribution in [0.3, 0.4) is 0 Å². The first kappa shape index (κ1) is 34.4. The van der Waals surface area contributed by atoms with Gasteiger partial charge >= 0.3 is 6.09 Å². The molecule has 0 saturated carbocycles. The minimum atomic E-state index is -0.838. The highest BCUT2D eigenvalue weighted by molar-refractivity contribution is 6.31. The molecule has 6 rings (SSSR count). The Balaban J connectivity index is 1.10. The van der Waals surface area contributed by atoms with Gasteiger partial charge in [0, 0.05) is 61.6 Å². The number of hydrogen-bond donors (Lipinski definition) is 2. The van der Waals surface area contributed by atoms with Gasteiger partial charge < -0.3 is 30.1 Å². The zero-order valence-electron chi connectivity index (χ0n) is 28.1. The normalized spacial score (nSPS) is 16.3. The van der Waals surface area contributed by atoms with Gasteiger partial charge in [-0.3, -0.25) is 19.4 Å². The fraction of sp³-hybridized carbons (Fsp3) is 0.297. The van der Waals surface area contributed by atoms with Gasteiger partial charge in [0.25, 0.3) is 11.8 Å². The molecule has 1 unspecified atom stereocenters. The van der Waals surface area contributed by atoms with Crippen LogP contribution in [0.15, 0.2) is 85.2 Å². The highest BCUT2D eigenvalue weighted by Gasteiger charge is 2.36. The van der Waals surface area contributed by atoms with E-state index < -0.39 is 11.6 Å². The summed E-state index contributed by atoms with van der Waals surface area (Å²) in [6.45, 7) is 8.02. The van der Waals surface area contributed by atoms with E-state index in [4.69, 9.17) is 16.3 Å². The van der Waals surface area contributed by atoms with E-state index in [0.717, 1.165) is 11.3 Å². The number of pyridine rings is 2. The summed E-state index contributed by atoms with van der Waals surface area (Å²) in [5.41, 5.74) is 2.85. The first-order valence-corrected chi connectivity index (χ1v) is 16.7. The van der Waals surface area contributed by atoms with E-state index in [9.17, 15) is 19.2 Å². The summed E-state index contributed by atoms with van der Waals surface area (Å²) in [4.78, 5) is 67.0. The van der Waals surface area contributed by atoms with Gasteiger partial charge in [0.15, 0.2) is 0 Å². The van der Waals surface area contributed by atoms with Crippen LogP contribution in [0.2, 0.25) is 5.02 Å². The highest BCUT2D eigenvalue weighted by atomic mass is 35.5. The number of nitrogens with one attached hydrogen (secondary N) is 2. The van der Waals surface area contributed by atoms with Crippen LogP contribution in [0.5, 0.6) is 0 Å². The molecule has 2 aliphatic rings. The number of ether oxygens (including phenoxy) is 1. The molecule has 4 heterocycles. The third-order valence-corrected chi connectivity index (χ3v) is 8.63. The Hall–Kier alpha value is -5.49. The number of halogens is 1. The van der Waals surface area contributed by atoms with Crippen molar-refractivity contribution in [2.75, 3.05) is 41.7 Å². The predicted molar refractivity (Wildman–Crippen MR) is 190 cm³/mol. The number of carbonyl (C=O) groups is 4. The second-order valence-corrected chi connectivity index (χ2v) is 13.6. The van der Waals surface area contributed by atoms with Crippen molar-refractivity contribution in [1.29, 1.82) is 0 Å². The number of nitrogens with zero attached hydrogens (tertiary/aromatic N) is 5. The minimum Gasteiger partial charge on any atom is -0.444 e. The van der Waals surface area contributed by atoms with Crippen LogP contribution in [0, 0.1) is 0 Å². The Labute approximate surface area is 295 Å². The van der Waals surface area contributed by atoms with Crippen LogP contribution >= 0.6 is 11.6 Å². The number of benzene rings is 2. The predicted octanol–water partition coefficient (Wildman–Crippen LogP) is 5.65. The lowest BCUT2D eigenvalue weighted by molar-refractivity contribution is -0.120. The van der Waals surface area contributed by atoms with Crippen molar-refractivity contribution < 1.29 is 23.9 Å². The van der Waals surface area contributed by atoms with Crippen LogP contribution in [-0.4, -0.2) is 81.4 Å². The first-order chi connectivity index (χ1) is 23.9. The molecule has 2 aromatic heterocycles. The van der Waals surface area contributed by atoms with Gasteiger partial charge in [0.05, 0.1) is 23.1 Å². The molecule has 2 N–H and O–H groups in total. The topological polar surface area (TPSA) is 137 Å². The maximum atomic E-state index is 13.9. The number of carbonyl (C=O) groups excluding carboxylic acids is 4. The smallest absolute Gasteiger partial charge is 0.410 e. The van der Waals surface area contributed by atoms with Crippen LogP contribution < -0.4 is 15.5 Å². The summed E-state index contributed by atoms with van der Waals surface area (Å²) in [5, 5.41) is 6.10. The Morgan fingerprint density at radius 1 is 0.960 bits per heavy atom. The van der Waals surface area contributed by atoms with Gasteiger partial charge in [0.2, 0.25) is 5.91 Å². The number of piperazine rings is 1. The molecule has 0 aliphatic carbocycles. The zero-order chi connectivity index (χ0) is 35.4. The van der Waals surface area contributed by atoms with E-state index in [-0.39, 0.29) is 36.8 Å². The van der Waals surface area contributed by atoms with Crippen LogP contribution in [0.25, 0.3) is 0 Å². The van der Waals surface area contributed by atoms with E-state index in [0.29, 0.717) is 59.5 Å². The van der Waals surface area contributed by atoms with Crippen molar-refractivity contribution in [3.8, 4) is 0 Å². The monoisotopic (exact) mass is 695 g/mol. The summed E-state index contributed by atoms with van der Waals surface area (Å²) in [6, 6.07) is 19.9. The lowest BCUT2D eigenvalue weighted by Crippen LogP contribution is -2.50. The Bertz CT molecular complexity index is 1870. The molecule has 0 radical (unpaired) electrons. The molecule has 50 heavy (non-hydrogen) atoms. The van der Waals surface area contributed by atoms with Gasteiger partial charge in [0.1, 0.15) is 17.5 Å². The second kappa shape index (κ2) is 14.6. The second-order valence-electron chi connectivity index (χ2n) is 13.2. The first-order valence-electron chi connectivity index (χ1n) is 16.3. The molecule has 4 aromatic rings. The van der Waals surface area contributed by atoms with Crippen molar-refractivity contribution in [3.05, 3.63) is 113 Å². The summed E-state index contributed by atoms with van der Waals surface area (Å²) in [7, 11) is 0. The standard InChI is InChI=1S/C37H38ClN7O5/c1-37(2,3)50-36(49)44-18-16-43(17-19-44)28-12-14-32(40-22-28)42-33(46)25-9-7-24(8-10-25)23-45-31(21-27-6-4-5-15-39-27)34(47)41-30-20-26(38)11-13-29(30)35(45)48/h4-15,20,22,31H,16-19,21,23H2,1-3H3,(H,41,47)(H,40,42,46). The third kappa shape index (κ3) is 8.20. The molecule has 1 fully saturated rings. The van der Waals surface area contributed by atoms with Crippen molar-refractivity contribution in [1.82, 2.24) is 19.8 Å². The quantitative estimate of drug-likeness (QED) is 0.253. The van der Waals surface area contributed by atoms with Gasteiger partial charge in [-0.05, 0) is 80.9 Å². The number of amides is 4. The van der Waals surface area contributed by atoms with E-state index in [1.54, 1.807) is 71.9 Å². The van der Waals surface area contributed by atoms with Crippen molar-refractivity contribution >= 4 is 52.6 Å². The third-order valence-electron chi connectivity index (χ3n) is 8.39. The van der Waals surface area contributed by atoms with Crippen LogP contribution in [-0.2, 0) is 22.5 Å². The van der Waals surface area contributed by atoms with E-state index in [1.165, 1.54) is 4.90 Å². The maximum absolute atomic E-state index is 13.9. The van der Waals surface area contributed by atoms with E-state index in [2.05, 4.69) is 25.5 Å². The summed E-state index contributed by atoms with van der Waals surface area (Å²) in [6.07, 6.45) is 3.25. The lowest BCUT2D eigenvalue weighted by Gasteiger charge is -2.36. The average molecular weight is 696 g/mol. The van der Waals surface area contributed by atoms with Gasteiger partial charge in [-0.1, -0.05) is 29.8 Å². The molecule has 0 spiro atoms. The summed E-state index contributed by atoms with van der Waals surface area (Å²) >= 11 is 6.18. The molecule has 4 amide bonds. The maximum Gasteiger partial charge on any atom is 0.410 e. The molecule has 1 saturated heterocycles. The molecule has 2 aliphatic heterocycles. The molecule has 0 bridgehead atoms. The molecule has 1 atom stereocenters. The summed E-state index contributed by atoms with van der Waals surface area (Å²) in [5.74, 6) is -0.612. The number of fused-ring (bicyclic) bond motifs is 1. The zero-order valence-corrected chi connectivity index (χ0v) is 28.8. The van der Waals surface area contributed by atoms with Gasteiger partial charge in [-0.15, -0.1) is 0 Å². The molecule has 13 heteroatoms. The number of anilines is 3.